The Morgan fingerprint density at radius 3 is 2.95 bits per heavy atom. The maximum Gasteiger partial charge on any atom is 0.224 e. The normalized spacial score (nSPS) is 29.1. The van der Waals surface area contributed by atoms with Gasteiger partial charge in [-0.2, -0.15) is 0 Å². The molecule has 5 nitrogen and oxygen atoms in total. The lowest BCUT2D eigenvalue weighted by Gasteiger charge is -2.35. The smallest absolute Gasteiger partial charge is 0.224 e. The van der Waals surface area contributed by atoms with Crippen molar-refractivity contribution in [1.29, 1.82) is 0 Å². The molecule has 1 amide bonds. The molecule has 110 valence electrons. The average molecular weight is 269 g/mol. The van der Waals surface area contributed by atoms with E-state index in [1.807, 2.05) is 0 Å². The minimum absolute atomic E-state index is 0.129. The summed E-state index contributed by atoms with van der Waals surface area (Å²) in [6.45, 7) is 4.95. The van der Waals surface area contributed by atoms with Gasteiger partial charge < -0.3 is 15.8 Å². The molecule has 0 aromatic rings. The molecule has 0 aromatic heterocycles. The fourth-order valence-electron chi connectivity index (χ4n) is 3.01. The molecular formula is C14H27N3O2. The Balaban J connectivity index is 1.74. The molecule has 2 rings (SSSR count). The van der Waals surface area contributed by atoms with Crippen LogP contribution in [-0.4, -0.2) is 56.2 Å². The standard InChI is InChI=1S/C14H27N3O2/c15-6-7-16-14(18)12-4-3-8-17(10-12)11-13-5-1-2-9-19-13/h12-13H,1-11,15H2,(H,16,18). The predicted molar refractivity (Wildman–Crippen MR) is 74.8 cm³/mol. The van der Waals surface area contributed by atoms with Crippen molar-refractivity contribution < 1.29 is 9.53 Å². The van der Waals surface area contributed by atoms with Gasteiger partial charge in [0.1, 0.15) is 0 Å². The summed E-state index contributed by atoms with van der Waals surface area (Å²) in [6, 6.07) is 0. The Labute approximate surface area is 115 Å². The van der Waals surface area contributed by atoms with Crippen LogP contribution in [0, 0.1) is 5.92 Å². The molecule has 3 N–H and O–H groups in total. The number of rotatable bonds is 5. The Bertz CT molecular complexity index is 280. The van der Waals surface area contributed by atoms with E-state index in [0.717, 1.165) is 39.1 Å². The lowest BCUT2D eigenvalue weighted by Crippen LogP contribution is -2.46. The lowest BCUT2D eigenvalue weighted by molar-refractivity contribution is -0.127. The fraction of sp³-hybridized carbons (Fsp3) is 0.929. The fourth-order valence-corrected chi connectivity index (χ4v) is 3.01. The van der Waals surface area contributed by atoms with E-state index in [2.05, 4.69) is 10.2 Å². The van der Waals surface area contributed by atoms with Crippen LogP contribution in [0.3, 0.4) is 0 Å². The number of likely N-dealkylation sites (tertiary alicyclic amines) is 1. The van der Waals surface area contributed by atoms with E-state index in [4.69, 9.17) is 10.5 Å². The van der Waals surface area contributed by atoms with Gasteiger partial charge in [0, 0.05) is 32.8 Å². The first kappa shape index (κ1) is 14.8. The first-order valence-electron chi connectivity index (χ1n) is 7.61. The van der Waals surface area contributed by atoms with Crippen LogP contribution < -0.4 is 11.1 Å². The van der Waals surface area contributed by atoms with E-state index in [9.17, 15) is 4.79 Å². The van der Waals surface area contributed by atoms with Gasteiger partial charge in [0.25, 0.3) is 0 Å². The summed E-state index contributed by atoms with van der Waals surface area (Å²) in [5, 5.41) is 2.90. The zero-order valence-corrected chi connectivity index (χ0v) is 11.8. The highest BCUT2D eigenvalue weighted by Gasteiger charge is 2.27. The van der Waals surface area contributed by atoms with E-state index in [-0.39, 0.29) is 11.8 Å². The molecule has 2 unspecified atom stereocenters. The molecular weight excluding hydrogens is 242 g/mol. The summed E-state index contributed by atoms with van der Waals surface area (Å²) in [6.07, 6.45) is 6.12. The SMILES string of the molecule is NCCNC(=O)C1CCCN(CC2CCCCO2)C1. The van der Waals surface area contributed by atoms with Crippen molar-refractivity contribution in [3.63, 3.8) is 0 Å². The van der Waals surface area contributed by atoms with Gasteiger partial charge in [0.15, 0.2) is 0 Å². The maximum atomic E-state index is 12.0. The molecule has 0 spiro atoms. The van der Waals surface area contributed by atoms with E-state index >= 15 is 0 Å². The second-order valence-electron chi connectivity index (χ2n) is 5.67. The molecule has 0 radical (unpaired) electrons. The number of carbonyl (C=O) groups excluding carboxylic acids is 1. The Morgan fingerprint density at radius 1 is 1.32 bits per heavy atom. The summed E-state index contributed by atoms with van der Waals surface area (Å²) < 4.78 is 5.78. The average Bonchev–Trinajstić information content (AvgIpc) is 2.46. The summed E-state index contributed by atoms with van der Waals surface area (Å²) in [5.41, 5.74) is 5.42. The molecule has 0 bridgehead atoms. The van der Waals surface area contributed by atoms with Crippen molar-refractivity contribution >= 4 is 5.91 Å². The largest absolute Gasteiger partial charge is 0.377 e. The number of ether oxygens (including phenoxy) is 1. The number of nitrogens with zero attached hydrogens (tertiary/aromatic N) is 1. The van der Waals surface area contributed by atoms with E-state index in [1.165, 1.54) is 19.3 Å². The number of hydrogen-bond donors (Lipinski definition) is 2. The minimum Gasteiger partial charge on any atom is -0.377 e. The van der Waals surface area contributed by atoms with Crippen LogP contribution in [0.5, 0.6) is 0 Å². The Kier molecular flexibility index (Phi) is 6.07. The quantitative estimate of drug-likeness (QED) is 0.755. The Morgan fingerprint density at radius 2 is 2.21 bits per heavy atom. The molecule has 19 heavy (non-hydrogen) atoms. The van der Waals surface area contributed by atoms with Crippen LogP contribution in [0.1, 0.15) is 32.1 Å². The third kappa shape index (κ3) is 4.75. The summed E-state index contributed by atoms with van der Waals surface area (Å²) >= 11 is 0. The van der Waals surface area contributed by atoms with Gasteiger partial charge in [-0.1, -0.05) is 0 Å². The van der Waals surface area contributed by atoms with Crippen LogP contribution in [0.4, 0.5) is 0 Å². The summed E-state index contributed by atoms with van der Waals surface area (Å²) in [7, 11) is 0. The molecule has 2 saturated heterocycles. The number of piperidine rings is 1. The zero-order valence-electron chi connectivity index (χ0n) is 11.8. The predicted octanol–water partition coefficient (Wildman–Crippen LogP) is 0.342. The zero-order chi connectivity index (χ0) is 13.5. The molecule has 2 fully saturated rings. The molecule has 2 aliphatic rings. The molecule has 2 heterocycles. The summed E-state index contributed by atoms with van der Waals surface area (Å²) in [4.78, 5) is 14.4. The molecule has 0 saturated carbocycles. The second kappa shape index (κ2) is 7.82. The first-order chi connectivity index (χ1) is 9.29. The van der Waals surface area contributed by atoms with Crippen LogP contribution in [-0.2, 0) is 9.53 Å². The third-order valence-corrected chi connectivity index (χ3v) is 4.06. The van der Waals surface area contributed by atoms with Crippen LogP contribution >= 0.6 is 0 Å². The lowest BCUT2D eigenvalue weighted by atomic mass is 9.96. The number of nitrogens with two attached hydrogens (primary N) is 1. The molecule has 0 aromatic carbocycles. The van der Waals surface area contributed by atoms with Gasteiger partial charge in [-0.25, -0.2) is 0 Å². The van der Waals surface area contributed by atoms with Gasteiger partial charge in [0.05, 0.1) is 12.0 Å². The monoisotopic (exact) mass is 269 g/mol. The topological polar surface area (TPSA) is 67.6 Å². The number of hydrogen-bond acceptors (Lipinski definition) is 4. The molecule has 2 aliphatic heterocycles. The van der Waals surface area contributed by atoms with Crippen molar-refractivity contribution in [2.45, 2.75) is 38.2 Å². The van der Waals surface area contributed by atoms with Crippen LogP contribution in [0.15, 0.2) is 0 Å². The van der Waals surface area contributed by atoms with Crippen molar-refractivity contribution in [2.24, 2.45) is 11.7 Å². The highest BCUT2D eigenvalue weighted by atomic mass is 16.5. The van der Waals surface area contributed by atoms with E-state index in [0.29, 0.717) is 19.2 Å². The van der Waals surface area contributed by atoms with Crippen molar-refractivity contribution in [3.8, 4) is 0 Å². The van der Waals surface area contributed by atoms with Crippen molar-refractivity contribution in [1.82, 2.24) is 10.2 Å². The Hall–Kier alpha value is -0.650. The van der Waals surface area contributed by atoms with Crippen molar-refractivity contribution in [3.05, 3.63) is 0 Å². The van der Waals surface area contributed by atoms with Gasteiger partial charge in [-0.15, -0.1) is 0 Å². The van der Waals surface area contributed by atoms with Gasteiger partial charge in [-0.05, 0) is 38.6 Å². The van der Waals surface area contributed by atoms with Crippen LogP contribution in [0.2, 0.25) is 0 Å². The highest BCUT2D eigenvalue weighted by Crippen LogP contribution is 2.20. The third-order valence-electron chi connectivity index (χ3n) is 4.06. The van der Waals surface area contributed by atoms with Crippen LogP contribution in [0.25, 0.3) is 0 Å². The number of nitrogens with one attached hydrogen (secondary N) is 1. The van der Waals surface area contributed by atoms with Gasteiger partial charge >= 0.3 is 0 Å². The first-order valence-corrected chi connectivity index (χ1v) is 7.61. The second-order valence-corrected chi connectivity index (χ2v) is 5.67. The van der Waals surface area contributed by atoms with E-state index in [1.54, 1.807) is 0 Å². The number of carbonyl (C=O) groups is 1. The minimum atomic E-state index is 0.129. The molecule has 5 heteroatoms. The van der Waals surface area contributed by atoms with Gasteiger partial charge in [0.2, 0.25) is 5.91 Å². The molecule has 2 atom stereocenters. The molecule has 0 aliphatic carbocycles. The maximum absolute atomic E-state index is 12.0. The number of amides is 1. The van der Waals surface area contributed by atoms with Gasteiger partial charge in [-0.3, -0.25) is 9.69 Å². The highest BCUT2D eigenvalue weighted by molar-refractivity contribution is 5.78. The summed E-state index contributed by atoms with van der Waals surface area (Å²) in [5.74, 6) is 0.295. The van der Waals surface area contributed by atoms with Crippen molar-refractivity contribution in [2.75, 3.05) is 39.3 Å². The van der Waals surface area contributed by atoms with E-state index < -0.39 is 0 Å².